The van der Waals surface area contributed by atoms with Gasteiger partial charge in [-0.3, -0.25) is 0 Å². The molecule has 0 aliphatic carbocycles. The normalized spacial score (nSPS) is 12.4. The van der Waals surface area contributed by atoms with Crippen LogP contribution in [0.4, 0.5) is 0 Å². The van der Waals surface area contributed by atoms with E-state index in [2.05, 4.69) is 44.9 Å². The predicted octanol–water partition coefficient (Wildman–Crippen LogP) is 3.93. The zero-order valence-corrected chi connectivity index (χ0v) is 11.9. The van der Waals surface area contributed by atoms with Crippen molar-refractivity contribution in [1.82, 2.24) is 10.3 Å². The summed E-state index contributed by atoms with van der Waals surface area (Å²) in [6.45, 7) is 12.1. The predicted molar refractivity (Wildman–Crippen MR) is 72.0 cm³/mol. The Bertz CT molecular complexity index is 315. The average molecular weight is 240 g/mol. The van der Waals surface area contributed by atoms with Crippen molar-refractivity contribution in [3.63, 3.8) is 0 Å². The van der Waals surface area contributed by atoms with Crippen molar-refractivity contribution in [1.29, 1.82) is 0 Å². The minimum Gasteiger partial charge on any atom is -0.305 e. The summed E-state index contributed by atoms with van der Waals surface area (Å²) in [5.41, 5.74) is 0.221. The summed E-state index contributed by atoms with van der Waals surface area (Å²) in [6.07, 6.45) is 4.43. The standard InChI is InChI=1S/C13H24N2S/c1-6-7-13(4,5)15-9-12-14-8-11(16-12)10(2)3/h8,10,15H,6-7,9H2,1-5H3. The minimum atomic E-state index is 0.221. The molecule has 0 aliphatic rings. The number of aromatic nitrogens is 1. The van der Waals surface area contributed by atoms with E-state index in [1.165, 1.54) is 22.7 Å². The number of hydrogen-bond donors (Lipinski definition) is 1. The van der Waals surface area contributed by atoms with Crippen molar-refractivity contribution in [2.24, 2.45) is 0 Å². The van der Waals surface area contributed by atoms with Crippen LogP contribution in [-0.4, -0.2) is 10.5 Å². The van der Waals surface area contributed by atoms with Gasteiger partial charge in [0.05, 0.1) is 0 Å². The van der Waals surface area contributed by atoms with Gasteiger partial charge in [-0.1, -0.05) is 27.2 Å². The van der Waals surface area contributed by atoms with E-state index in [0.717, 1.165) is 6.54 Å². The van der Waals surface area contributed by atoms with E-state index in [1.807, 2.05) is 17.5 Å². The van der Waals surface area contributed by atoms with Gasteiger partial charge in [-0.2, -0.15) is 0 Å². The van der Waals surface area contributed by atoms with Gasteiger partial charge < -0.3 is 5.32 Å². The molecule has 1 N–H and O–H groups in total. The van der Waals surface area contributed by atoms with Crippen molar-refractivity contribution in [2.75, 3.05) is 0 Å². The summed E-state index contributed by atoms with van der Waals surface area (Å²) in [5.74, 6) is 0.593. The Labute approximate surface area is 103 Å². The second-order valence-corrected chi connectivity index (χ2v) is 6.45. The van der Waals surface area contributed by atoms with Crippen LogP contribution in [0.15, 0.2) is 6.20 Å². The Hall–Kier alpha value is -0.410. The molecule has 0 amide bonds. The van der Waals surface area contributed by atoms with Gasteiger partial charge in [-0.05, 0) is 26.2 Å². The van der Waals surface area contributed by atoms with Crippen LogP contribution in [0.2, 0.25) is 0 Å². The lowest BCUT2D eigenvalue weighted by molar-refractivity contribution is 0.356. The van der Waals surface area contributed by atoms with Crippen LogP contribution < -0.4 is 5.32 Å². The number of thiazole rings is 1. The quantitative estimate of drug-likeness (QED) is 0.815. The molecule has 0 saturated carbocycles. The fraction of sp³-hybridized carbons (Fsp3) is 0.769. The third kappa shape index (κ3) is 4.22. The van der Waals surface area contributed by atoms with Crippen LogP contribution in [0.1, 0.15) is 63.3 Å². The maximum Gasteiger partial charge on any atom is 0.107 e. The van der Waals surface area contributed by atoms with Gasteiger partial charge >= 0.3 is 0 Å². The lowest BCUT2D eigenvalue weighted by atomic mass is 9.99. The monoisotopic (exact) mass is 240 g/mol. The number of nitrogens with one attached hydrogen (secondary N) is 1. The third-order valence-electron chi connectivity index (χ3n) is 2.73. The lowest BCUT2D eigenvalue weighted by Crippen LogP contribution is -2.38. The first kappa shape index (κ1) is 13.7. The van der Waals surface area contributed by atoms with Gasteiger partial charge in [0.1, 0.15) is 5.01 Å². The van der Waals surface area contributed by atoms with Gasteiger partial charge in [-0.15, -0.1) is 11.3 Å². The van der Waals surface area contributed by atoms with Gasteiger partial charge in [-0.25, -0.2) is 4.98 Å². The molecule has 16 heavy (non-hydrogen) atoms. The molecule has 0 spiro atoms. The first-order valence-electron chi connectivity index (χ1n) is 6.14. The summed E-state index contributed by atoms with van der Waals surface area (Å²) < 4.78 is 0. The molecule has 0 fully saturated rings. The Morgan fingerprint density at radius 1 is 1.44 bits per heavy atom. The van der Waals surface area contributed by atoms with E-state index in [4.69, 9.17) is 0 Å². The average Bonchev–Trinajstić information content (AvgIpc) is 2.63. The molecule has 0 aliphatic heterocycles. The van der Waals surface area contributed by atoms with Crippen LogP contribution in [0.25, 0.3) is 0 Å². The SMILES string of the molecule is CCCC(C)(C)NCc1ncc(C(C)C)s1. The zero-order chi connectivity index (χ0) is 12.2. The topological polar surface area (TPSA) is 24.9 Å². The molecule has 0 aromatic carbocycles. The number of rotatable bonds is 6. The minimum absolute atomic E-state index is 0.221. The maximum absolute atomic E-state index is 4.46. The first-order valence-corrected chi connectivity index (χ1v) is 6.96. The van der Waals surface area contributed by atoms with Gasteiger partial charge in [0.15, 0.2) is 0 Å². The molecular formula is C13H24N2S. The zero-order valence-electron chi connectivity index (χ0n) is 11.1. The van der Waals surface area contributed by atoms with Crippen LogP contribution in [-0.2, 0) is 6.54 Å². The van der Waals surface area contributed by atoms with Crippen LogP contribution >= 0.6 is 11.3 Å². The summed E-state index contributed by atoms with van der Waals surface area (Å²) >= 11 is 1.83. The van der Waals surface area contributed by atoms with E-state index >= 15 is 0 Å². The number of hydrogen-bond acceptors (Lipinski definition) is 3. The highest BCUT2D eigenvalue weighted by atomic mass is 32.1. The maximum atomic E-state index is 4.46. The molecular weight excluding hydrogens is 216 g/mol. The van der Waals surface area contributed by atoms with Gasteiger partial charge in [0.25, 0.3) is 0 Å². The van der Waals surface area contributed by atoms with E-state index in [1.54, 1.807) is 0 Å². The smallest absolute Gasteiger partial charge is 0.107 e. The van der Waals surface area contributed by atoms with Crippen molar-refractivity contribution < 1.29 is 0 Å². The molecule has 3 heteroatoms. The molecule has 0 saturated heterocycles. The third-order valence-corrected chi connectivity index (χ3v) is 4.03. The lowest BCUT2D eigenvalue weighted by Gasteiger charge is -2.25. The molecule has 0 atom stereocenters. The van der Waals surface area contributed by atoms with Crippen LogP contribution in [0.5, 0.6) is 0 Å². The first-order chi connectivity index (χ1) is 7.44. The van der Waals surface area contributed by atoms with Crippen molar-refractivity contribution in [3.8, 4) is 0 Å². The Balaban J connectivity index is 2.48. The highest BCUT2D eigenvalue weighted by Gasteiger charge is 2.16. The van der Waals surface area contributed by atoms with E-state index < -0.39 is 0 Å². The molecule has 1 aromatic rings. The Morgan fingerprint density at radius 3 is 2.62 bits per heavy atom. The molecule has 1 heterocycles. The highest BCUT2D eigenvalue weighted by molar-refractivity contribution is 7.11. The fourth-order valence-corrected chi connectivity index (χ4v) is 2.56. The molecule has 0 unspecified atom stereocenters. The van der Waals surface area contributed by atoms with Crippen LogP contribution in [0, 0.1) is 0 Å². The Kier molecular flexibility index (Phi) is 4.93. The fourth-order valence-electron chi connectivity index (χ4n) is 1.70. The molecule has 92 valence electrons. The highest BCUT2D eigenvalue weighted by Crippen LogP contribution is 2.22. The van der Waals surface area contributed by atoms with Crippen molar-refractivity contribution in [2.45, 2.75) is 65.5 Å². The largest absolute Gasteiger partial charge is 0.305 e. The second kappa shape index (κ2) is 5.78. The summed E-state index contributed by atoms with van der Waals surface area (Å²) in [6, 6.07) is 0. The van der Waals surface area contributed by atoms with Crippen molar-refractivity contribution in [3.05, 3.63) is 16.1 Å². The second-order valence-electron chi connectivity index (χ2n) is 5.30. The van der Waals surface area contributed by atoms with Gasteiger partial charge in [0, 0.05) is 23.2 Å². The molecule has 1 rings (SSSR count). The van der Waals surface area contributed by atoms with E-state index in [9.17, 15) is 0 Å². The molecule has 0 radical (unpaired) electrons. The van der Waals surface area contributed by atoms with Gasteiger partial charge in [0.2, 0.25) is 0 Å². The number of nitrogens with zero attached hydrogens (tertiary/aromatic N) is 1. The molecule has 1 aromatic heterocycles. The molecule has 2 nitrogen and oxygen atoms in total. The van der Waals surface area contributed by atoms with Crippen LogP contribution in [0.3, 0.4) is 0 Å². The van der Waals surface area contributed by atoms with E-state index in [0.29, 0.717) is 5.92 Å². The van der Waals surface area contributed by atoms with Crippen molar-refractivity contribution >= 4 is 11.3 Å². The van der Waals surface area contributed by atoms with E-state index in [-0.39, 0.29) is 5.54 Å². The summed E-state index contributed by atoms with van der Waals surface area (Å²) in [7, 11) is 0. The molecule has 0 bridgehead atoms. The Morgan fingerprint density at radius 2 is 2.12 bits per heavy atom. The summed E-state index contributed by atoms with van der Waals surface area (Å²) in [4.78, 5) is 5.84. The summed E-state index contributed by atoms with van der Waals surface area (Å²) in [5, 5.41) is 4.78.